The van der Waals surface area contributed by atoms with Gasteiger partial charge in [-0.05, 0) is 19.1 Å². The Bertz CT molecular complexity index is 454. The molecule has 0 aliphatic carbocycles. The van der Waals surface area contributed by atoms with E-state index in [1.807, 2.05) is 0 Å². The molecule has 0 heterocycles. The fourth-order valence-electron chi connectivity index (χ4n) is 1.37. The molecule has 0 saturated carbocycles. The molecule has 1 amide bonds. The number of nitro benzene ring substituents is 1. The van der Waals surface area contributed by atoms with Crippen LogP contribution in [0.4, 0.5) is 5.69 Å². The van der Waals surface area contributed by atoms with E-state index in [9.17, 15) is 14.9 Å². The monoisotopic (exact) mass is 289 g/mol. The summed E-state index contributed by atoms with van der Waals surface area (Å²) >= 11 is 0. The highest BCUT2D eigenvalue weighted by Crippen LogP contribution is 2.27. The Labute approximate surface area is 116 Å². The molecule has 106 valence electrons. The summed E-state index contributed by atoms with van der Waals surface area (Å²) in [5, 5.41) is 13.4. The smallest absolute Gasteiger partial charge is 0.311 e. The molecule has 3 N–H and O–H groups in total. The van der Waals surface area contributed by atoms with Crippen molar-refractivity contribution in [3.05, 3.63) is 33.9 Å². The van der Waals surface area contributed by atoms with Gasteiger partial charge in [0.05, 0.1) is 11.5 Å². The topological polar surface area (TPSA) is 107 Å². The fourth-order valence-corrected chi connectivity index (χ4v) is 1.37. The lowest BCUT2D eigenvalue weighted by molar-refractivity contribution is -0.385. The maximum absolute atomic E-state index is 11.6. The first-order valence-corrected chi connectivity index (χ1v) is 5.49. The lowest BCUT2D eigenvalue weighted by Crippen LogP contribution is -2.29. The van der Waals surface area contributed by atoms with Crippen LogP contribution in [-0.4, -0.2) is 30.5 Å². The first-order valence-electron chi connectivity index (χ1n) is 5.49. The van der Waals surface area contributed by atoms with Gasteiger partial charge in [0, 0.05) is 24.7 Å². The second-order valence-corrected chi connectivity index (χ2v) is 3.42. The van der Waals surface area contributed by atoms with E-state index < -0.39 is 10.8 Å². The van der Waals surface area contributed by atoms with E-state index in [4.69, 9.17) is 10.5 Å². The van der Waals surface area contributed by atoms with Gasteiger partial charge in [-0.25, -0.2) is 0 Å². The van der Waals surface area contributed by atoms with Crippen LogP contribution in [0.25, 0.3) is 0 Å². The van der Waals surface area contributed by atoms with Crippen LogP contribution in [0, 0.1) is 10.1 Å². The Morgan fingerprint density at radius 2 is 2.21 bits per heavy atom. The van der Waals surface area contributed by atoms with Gasteiger partial charge >= 0.3 is 5.69 Å². The Balaban J connectivity index is 0.00000324. The predicted molar refractivity (Wildman–Crippen MR) is 72.9 cm³/mol. The number of nitrogens with zero attached hydrogens (tertiary/aromatic N) is 1. The van der Waals surface area contributed by atoms with Crippen molar-refractivity contribution < 1.29 is 14.5 Å². The van der Waals surface area contributed by atoms with Crippen molar-refractivity contribution in [1.82, 2.24) is 5.32 Å². The van der Waals surface area contributed by atoms with Crippen LogP contribution >= 0.6 is 12.4 Å². The number of carbonyl (C=O) groups excluding carboxylic acids is 1. The van der Waals surface area contributed by atoms with E-state index in [2.05, 4.69) is 5.32 Å². The number of nitrogens with one attached hydrogen (secondary N) is 1. The first kappa shape index (κ1) is 17.1. The number of nitrogens with two attached hydrogens (primary N) is 1. The number of hydrogen-bond donors (Lipinski definition) is 2. The van der Waals surface area contributed by atoms with Gasteiger partial charge in [0.1, 0.15) is 0 Å². The van der Waals surface area contributed by atoms with Crippen LogP contribution in [0.2, 0.25) is 0 Å². The third-order valence-electron chi connectivity index (χ3n) is 2.15. The van der Waals surface area contributed by atoms with Crippen LogP contribution in [-0.2, 0) is 0 Å². The minimum atomic E-state index is -0.579. The van der Waals surface area contributed by atoms with E-state index in [0.717, 1.165) is 0 Å². The zero-order valence-corrected chi connectivity index (χ0v) is 11.2. The van der Waals surface area contributed by atoms with Crippen molar-refractivity contribution in [2.75, 3.05) is 19.7 Å². The largest absolute Gasteiger partial charge is 0.487 e. The number of amides is 1. The zero-order valence-electron chi connectivity index (χ0n) is 10.4. The molecule has 0 spiro atoms. The van der Waals surface area contributed by atoms with Gasteiger partial charge in [0.25, 0.3) is 5.91 Å². The van der Waals surface area contributed by atoms with Crippen molar-refractivity contribution in [3.63, 3.8) is 0 Å². The Morgan fingerprint density at radius 1 is 1.53 bits per heavy atom. The van der Waals surface area contributed by atoms with E-state index in [-0.39, 0.29) is 29.4 Å². The Morgan fingerprint density at radius 3 is 2.74 bits per heavy atom. The van der Waals surface area contributed by atoms with Crippen LogP contribution in [0.1, 0.15) is 17.3 Å². The molecule has 7 nitrogen and oxygen atoms in total. The summed E-state index contributed by atoms with van der Waals surface area (Å²) in [6.07, 6.45) is 0. The molecule has 0 bridgehead atoms. The summed E-state index contributed by atoms with van der Waals surface area (Å²) in [4.78, 5) is 21.9. The summed E-state index contributed by atoms with van der Waals surface area (Å²) in [7, 11) is 0. The third kappa shape index (κ3) is 4.72. The van der Waals surface area contributed by atoms with Gasteiger partial charge in [-0.1, -0.05) is 0 Å². The molecule has 0 aliphatic heterocycles. The summed E-state index contributed by atoms with van der Waals surface area (Å²) < 4.78 is 5.12. The summed E-state index contributed by atoms with van der Waals surface area (Å²) in [6.45, 7) is 2.68. The maximum Gasteiger partial charge on any atom is 0.311 e. The van der Waals surface area contributed by atoms with Crippen molar-refractivity contribution in [2.45, 2.75) is 6.92 Å². The van der Waals surface area contributed by atoms with Crippen molar-refractivity contribution in [1.29, 1.82) is 0 Å². The van der Waals surface area contributed by atoms with E-state index in [1.54, 1.807) is 6.92 Å². The highest BCUT2D eigenvalue weighted by Gasteiger charge is 2.18. The molecule has 0 unspecified atom stereocenters. The number of hydrogen-bond acceptors (Lipinski definition) is 5. The average Bonchev–Trinajstić information content (AvgIpc) is 2.36. The molecule has 0 aliphatic rings. The van der Waals surface area contributed by atoms with Gasteiger partial charge in [-0.2, -0.15) is 0 Å². The zero-order chi connectivity index (χ0) is 13.5. The predicted octanol–water partition coefficient (Wildman–Crippen LogP) is 1.10. The van der Waals surface area contributed by atoms with Crippen LogP contribution in [0.5, 0.6) is 5.75 Å². The molecule has 0 aromatic heterocycles. The minimum Gasteiger partial charge on any atom is -0.487 e. The number of nitro groups is 1. The summed E-state index contributed by atoms with van der Waals surface area (Å²) in [5.74, 6) is -0.246. The second kappa shape index (κ2) is 8.28. The SMILES string of the molecule is CCOc1ccc(C(=O)NCCN)cc1[N+](=O)[O-].Cl. The number of carbonyl (C=O) groups is 1. The van der Waals surface area contributed by atoms with Crippen LogP contribution in [0.15, 0.2) is 18.2 Å². The molecular weight excluding hydrogens is 274 g/mol. The van der Waals surface area contributed by atoms with Gasteiger partial charge in [-0.15, -0.1) is 12.4 Å². The highest BCUT2D eigenvalue weighted by molar-refractivity contribution is 5.95. The minimum absolute atomic E-state index is 0. The van der Waals surface area contributed by atoms with Gasteiger partial charge in [0.2, 0.25) is 0 Å². The summed E-state index contributed by atoms with van der Waals surface area (Å²) in [6, 6.07) is 4.08. The number of ether oxygens (including phenoxy) is 1. The molecule has 1 aromatic rings. The molecule has 0 fully saturated rings. The lowest BCUT2D eigenvalue weighted by atomic mass is 10.1. The molecule has 0 radical (unpaired) electrons. The molecule has 0 saturated heterocycles. The first-order chi connectivity index (χ1) is 8.60. The van der Waals surface area contributed by atoms with Crippen LogP contribution < -0.4 is 15.8 Å². The van der Waals surface area contributed by atoms with Gasteiger partial charge < -0.3 is 15.8 Å². The molecule has 1 aromatic carbocycles. The molecular formula is C11H16ClN3O4. The quantitative estimate of drug-likeness (QED) is 0.602. The van der Waals surface area contributed by atoms with Gasteiger partial charge in [-0.3, -0.25) is 14.9 Å². The molecule has 19 heavy (non-hydrogen) atoms. The number of benzene rings is 1. The Hall–Kier alpha value is -1.86. The lowest BCUT2D eigenvalue weighted by Gasteiger charge is -2.07. The van der Waals surface area contributed by atoms with Crippen molar-refractivity contribution in [3.8, 4) is 5.75 Å². The van der Waals surface area contributed by atoms with E-state index >= 15 is 0 Å². The normalized spacial score (nSPS) is 9.37. The number of rotatable bonds is 6. The highest BCUT2D eigenvalue weighted by atomic mass is 35.5. The van der Waals surface area contributed by atoms with Crippen LogP contribution in [0.3, 0.4) is 0 Å². The molecule has 8 heteroatoms. The fraction of sp³-hybridized carbons (Fsp3) is 0.364. The van der Waals surface area contributed by atoms with Gasteiger partial charge in [0.15, 0.2) is 5.75 Å². The second-order valence-electron chi connectivity index (χ2n) is 3.42. The maximum atomic E-state index is 11.6. The van der Waals surface area contributed by atoms with E-state index in [1.165, 1.54) is 18.2 Å². The van der Waals surface area contributed by atoms with Crippen molar-refractivity contribution >= 4 is 24.0 Å². The average molecular weight is 290 g/mol. The third-order valence-corrected chi connectivity index (χ3v) is 2.15. The Kier molecular flexibility index (Phi) is 7.47. The molecule has 1 rings (SSSR count). The number of halogens is 1. The van der Waals surface area contributed by atoms with E-state index in [0.29, 0.717) is 19.7 Å². The standard InChI is InChI=1S/C11H15N3O4.ClH/c1-2-18-10-4-3-8(7-9(10)14(16)17)11(15)13-6-5-12;/h3-4,7H,2,5-6,12H2,1H3,(H,13,15);1H. The summed E-state index contributed by atoms with van der Waals surface area (Å²) in [5.41, 5.74) is 5.24. The molecule has 0 atom stereocenters. The van der Waals surface area contributed by atoms with Crippen molar-refractivity contribution in [2.24, 2.45) is 5.73 Å².